The van der Waals surface area contributed by atoms with Gasteiger partial charge in [-0.05, 0) is 36.8 Å². The molecule has 2 aromatic carbocycles. The fraction of sp³-hybridized carbons (Fsp3) is 0.333. The summed E-state index contributed by atoms with van der Waals surface area (Å²) >= 11 is 0. The number of aryl methyl sites for hydroxylation is 1. The van der Waals surface area contributed by atoms with Crippen LogP contribution in [-0.4, -0.2) is 39.6 Å². The van der Waals surface area contributed by atoms with Crippen molar-refractivity contribution in [2.45, 2.75) is 29.7 Å². The first-order valence-corrected chi connectivity index (χ1v) is 11.5. The molecule has 0 spiro atoms. The van der Waals surface area contributed by atoms with Gasteiger partial charge in [0, 0.05) is 12.6 Å². The van der Waals surface area contributed by atoms with E-state index in [1.807, 2.05) is 31.2 Å². The summed E-state index contributed by atoms with van der Waals surface area (Å²) in [6, 6.07) is 11.5. The Morgan fingerprint density at radius 2 is 1.81 bits per heavy atom. The molecule has 26 heavy (non-hydrogen) atoms. The molecule has 1 heterocycles. The molecule has 0 amide bonds. The first-order valence-electron chi connectivity index (χ1n) is 8.16. The lowest BCUT2D eigenvalue weighted by atomic mass is 10.1. The van der Waals surface area contributed by atoms with Gasteiger partial charge < -0.3 is 5.32 Å². The quantitative estimate of drug-likeness (QED) is 0.779. The molecule has 1 aliphatic heterocycles. The lowest BCUT2D eigenvalue weighted by molar-refractivity contribution is 0.526. The third kappa shape index (κ3) is 4.13. The molecule has 1 aliphatic rings. The van der Waals surface area contributed by atoms with E-state index in [2.05, 4.69) is 5.32 Å². The van der Waals surface area contributed by atoms with Gasteiger partial charge in [0.05, 0.1) is 21.7 Å². The molecule has 0 unspecified atom stereocenters. The highest BCUT2D eigenvalue weighted by atomic mass is 32.2. The molecule has 2 aromatic rings. The summed E-state index contributed by atoms with van der Waals surface area (Å²) in [5, 5.41) is 1.99. The van der Waals surface area contributed by atoms with Crippen molar-refractivity contribution in [1.29, 1.82) is 0 Å². The normalized spacial score (nSPS) is 22.4. The van der Waals surface area contributed by atoms with Gasteiger partial charge >= 0.3 is 0 Å². The molecule has 0 bridgehead atoms. The van der Waals surface area contributed by atoms with Gasteiger partial charge in [0.1, 0.15) is 5.82 Å². The van der Waals surface area contributed by atoms with Crippen LogP contribution in [0.1, 0.15) is 11.1 Å². The average Bonchev–Trinajstić information content (AvgIpc) is 2.89. The summed E-state index contributed by atoms with van der Waals surface area (Å²) in [7, 11) is -7.37. The maximum atomic E-state index is 13.1. The van der Waals surface area contributed by atoms with Crippen LogP contribution in [0.25, 0.3) is 0 Å². The van der Waals surface area contributed by atoms with E-state index >= 15 is 0 Å². The van der Waals surface area contributed by atoms with E-state index in [9.17, 15) is 21.2 Å². The van der Waals surface area contributed by atoms with E-state index in [1.165, 1.54) is 12.1 Å². The Bertz CT molecular complexity index is 1000. The van der Waals surface area contributed by atoms with Gasteiger partial charge in [0.25, 0.3) is 0 Å². The summed E-state index contributed by atoms with van der Waals surface area (Å²) < 4.78 is 63.0. The second-order valence-electron chi connectivity index (χ2n) is 6.59. The van der Waals surface area contributed by atoms with Crippen LogP contribution in [0.15, 0.2) is 53.4 Å². The van der Waals surface area contributed by atoms with Gasteiger partial charge in [0.2, 0.25) is 0 Å². The van der Waals surface area contributed by atoms with E-state index in [1.54, 1.807) is 0 Å². The second kappa shape index (κ2) is 7.09. The molecule has 0 radical (unpaired) electrons. The number of nitrogens with one attached hydrogen (secondary N) is 1. The van der Waals surface area contributed by atoms with Crippen molar-refractivity contribution in [2.75, 3.05) is 11.5 Å². The largest absolute Gasteiger partial charge is 0.308 e. The van der Waals surface area contributed by atoms with Gasteiger partial charge in [-0.25, -0.2) is 21.2 Å². The second-order valence-corrected chi connectivity index (χ2v) is 10.9. The predicted molar refractivity (Wildman–Crippen MR) is 97.8 cm³/mol. The van der Waals surface area contributed by atoms with Crippen LogP contribution < -0.4 is 5.32 Å². The zero-order valence-corrected chi connectivity index (χ0v) is 15.9. The van der Waals surface area contributed by atoms with Crippen LogP contribution in [0.2, 0.25) is 0 Å². The number of hydrogen-bond donors (Lipinski definition) is 1. The maximum absolute atomic E-state index is 13.1. The number of hydrogen-bond acceptors (Lipinski definition) is 5. The number of benzene rings is 2. The summed E-state index contributed by atoms with van der Waals surface area (Å²) in [5.41, 5.74) is 2.02. The van der Waals surface area contributed by atoms with Crippen LogP contribution in [0.3, 0.4) is 0 Å². The third-order valence-corrected chi connectivity index (χ3v) is 8.66. The summed E-state index contributed by atoms with van der Waals surface area (Å²) in [6.07, 6.45) is 0. The SMILES string of the molecule is Cc1cccc(CN[C@H]2CS(=O)(=O)C[C@@H]2S(=O)(=O)c2ccc(F)cc2)c1. The Labute approximate surface area is 153 Å². The van der Waals surface area contributed by atoms with Crippen LogP contribution in [0.5, 0.6) is 0 Å². The predicted octanol–water partition coefficient (Wildman–Crippen LogP) is 1.86. The highest BCUT2D eigenvalue weighted by molar-refractivity contribution is 7.96. The van der Waals surface area contributed by atoms with Gasteiger partial charge in [-0.1, -0.05) is 29.8 Å². The average molecular weight is 397 g/mol. The molecule has 0 saturated carbocycles. The Kier molecular flexibility index (Phi) is 5.18. The lowest BCUT2D eigenvalue weighted by Crippen LogP contribution is -2.43. The number of halogens is 1. The monoisotopic (exact) mass is 397 g/mol. The zero-order valence-electron chi connectivity index (χ0n) is 14.2. The van der Waals surface area contributed by atoms with Crippen molar-refractivity contribution in [3.63, 3.8) is 0 Å². The zero-order chi connectivity index (χ0) is 18.9. The van der Waals surface area contributed by atoms with Crippen molar-refractivity contribution >= 4 is 19.7 Å². The van der Waals surface area contributed by atoms with E-state index in [0.29, 0.717) is 6.54 Å². The fourth-order valence-electron chi connectivity index (χ4n) is 3.18. The van der Waals surface area contributed by atoms with Gasteiger partial charge in [-0.3, -0.25) is 0 Å². The molecule has 1 saturated heterocycles. The topological polar surface area (TPSA) is 80.3 Å². The Balaban J connectivity index is 1.85. The molecule has 3 rings (SSSR count). The molecule has 0 aromatic heterocycles. The van der Waals surface area contributed by atoms with Crippen LogP contribution >= 0.6 is 0 Å². The molecule has 5 nitrogen and oxygen atoms in total. The van der Waals surface area contributed by atoms with E-state index in [4.69, 9.17) is 0 Å². The van der Waals surface area contributed by atoms with Crippen molar-refractivity contribution < 1.29 is 21.2 Å². The summed E-state index contributed by atoms with van der Waals surface area (Å²) in [6.45, 7) is 2.32. The minimum absolute atomic E-state index is 0.0663. The van der Waals surface area contributed by atoms with Crippen LogP contribution in [0.4, 0.5) is 4.39 Å². The smallest absolute Gasteiger partial charge is 0.183 e. The third-order valence-electron chi connectivity index (χ3n) is 4.49. The summed E-state index contributed by atoms with van der Waals surface area (Å²) in [5.74, 6) is -1.21. The van der Waals surface area contributed by atoms with Crippen LogP contribution in [-0.2, 0) is 26.2 Å². The molecule has 8 heteroatoms. The van der Waals surface area contributed by atoms with E-state index in [0.717, 1.165) is 23.3 Å². The van der Waals surface area contributed by atoms with Crippen molar-refractivity contribution in [1.82, 2.24) is 5.32 Å². The van der Waals surface area contributed by atoms with E-state index in [-0.39, 0.29) is 10.6 Å². The van der Waals surface area contributed by atoms with E-state index < -0.39 is 42.5 Å². The minimum atomic E-state index is -3.90. The molecule has 140 valence electrons. The van der Waals surface area contributed by atoms with Gasteiger partial charge in [-0.2, -0.15) is 0 Å². The van der Waals surface area contributed by atoms with Crippen LogP contribution in [0, 0.1) is 12.7 Å². The Morgan fingerprint density at radius 3 is 2.46 bits per heavy atom. The molecule has 1 fully saturated rings. The first-order chi connectivity index (χ1) is 12.2. The Morgan fingerprint density at radius 1 is 1.12 bits per heavy atom. The number of sulfone groups is 2. The number of rotatable bonds is 5. The maximum Gasteiger partial charge on any atom is 0.183 e. The van der Waals surface area contributed by atoms with Crippen molar-refractivity contribution in [3.05, 3.63) is 65.5 Å². The van der Waals surface area contributed by atoms with Gasteiger partial charge in [0.15, 0.2) is 19.7 Å². The molecule has 2 atom stereocenters. The first kappa shape index (κ1) is 19.0. The molecule has 0 aliphatic carbocycles. The minimum Gasteiger partial charge on any atom is -0.308 e. The molecular weight excluding hydrogens is 377 g/mol. The summed E-state index contributed by atoms with van der Waals surface area (Å²) in [4.78, 5) is -0.0663. The Hall–Kier alpha value is -1.77. The fourth-order valence-corrected chi connectivity index (χ4v) is 7.90. The van der Waals surface area contributed by atoms with Crippen molar-refractivity contribution in [2.24, 2.45) is 0 Å². The van der Waals surface area contributed by atoms with Crippen molar-refractivity contribution in [3.8, 4) is 0 Å². The molecular formula is C18H20FNO4S2. The highest BCUT2D eigenvalue weighted by Gasteiger charge is 2.45. The molecule has 1 N–H and O–H groups in total. The van der Waals surface area contributed by atoms with Gasteiger partial charge in [-0.15, -0.1) is 0 Å². The lowest BCUT2D eigenvalue weighted by Gasteiger charge is -2.20. The highest BCUT2D eigenvalue weighted by Crippen LogP contribution is 2.26. The standard InChI is InChI=1S/C18H20FNO4S2/c1-13-3-2-4-14(9-13)10-20-17-11-25(21,22)12-18(17)26(23,24)16-7-5-15(19)6-8-16/h2-9,17-18,20H,10-12H2,1H3/t17-,18-/m0/s1.